The minimum Gasteiger partial charge on any atom is -0.337 e. The summed E-state index contributed by atoms with van der Waals surface area (Å²) >= 11 is 3.16. The zero-order valence-electron chi connectivity index (χ0n) is 12.2. The van der Waals surface area contributed by atoms with E-state index in [0.29, 0.717) is 11.0 Å². The highest BCUT2D eigenvalue weighted by Crippen LogP contribution is 2.27. The fourth-order valence-electron chi connectivity index (χ4n) is 2.36. The van der Waals surface area contributed by atoms with Crippen LogP contribution in [0.4, 0.5) is 10.1 Å². The van der Waals surface area contributed by atoms with Crippen LogP contribution in [0, 0.1) is 11.7 Å². The molecule has 1 fully saturated rings. The molecule has 1 saturated heterocycles. The van der Waals surface area contributed by atoms with E-state index in [4.69, 9.17) is 0 Å². The standard InChI is InChI=1S/C15H18BrFN2O2/c1-15(2,3)19-8-9(6-13(19)20)14(21)18-12-5-4-10(16)7-11(12)17/h4-5,7,9H,6,8H2,1-3H3,(H,18,21). The first-order valence-corrected chi connectivity index (χ1v) is 7.54. The van der Waals surface area contributed by atoms with Gasteiger partial charge in [0.05, 0.1) is 11.6 Å². The van der Waals surface area contributed by atoms with E-state index in [1.54, 1.807) is 11.0 Å². The van der Waals surface area contributed by atoms with Gasteiger partial charge in [0.15, 0.2) is 0 Å². The van der Waals surface area contributed by atoms with E-state index in [-0.39, 0.29) is 29.5 Å². The van der Waals surface area contributed by atoms with Crippen molar-refractivity contribution in [3.8, 4) is 0 Å². The number of hydrogen-bond donors (Lipinski definition) is 1. The van der Waals surface area contributed by atoms with Crippen molar-refractivity contribution in [2.24, 2.45) is 5.92 Å². The molecule has 1 aliphatic rings. The van der Waals surface area contributed by atoms with Gasteiger partial charge in [0.25, 0.3) is 0 Å². The predicted molar refractivity (Wildman–Crippen MR) is 82.3 cm³/mol. The second-order valence-corrected chi connectivity index (χ2v) is 7.11. The first-order chi connectivity index (χ1) is 9.68. The molecule has 1 aromatic carbocycles. The lowest BCUT2D eigenvalue weighted by Crippen LogP contribution is -2.42. The van der Waals surface area contributed by atoms with Crippen LogP contribution in [-0.2, 0) is 9.59 Å². The lowest BCUT2D eigenvalue weighted by atomic mass is 10.1. The molecule has 0 aliphatic carbocycles. The number of rotatable bonds is 2. The molecule has 1 heterocycles. The third-order valence-corrected chi connectivity index (χ3v) is 3.99. The summed E-state index contributed by atoms with van der Waals surface area (Å²) in [4.78, 5) is 25.9. The maximum atomic E-state index is 13.7. The van der Waals surface area contributed by atoms with Crippen LogP contribution in [0.3, 0.4) is 0 Å². The van der Waals surface area contributed by atoms with Gasteiger partial charge in [0.1, 0.15) is 5.82 Å². The van der Waals surface area contributed by atoms with Crippen molar-refractivity contribution < 1.29 is 14.0 Å². The van der Waals surface area contributed by atoms with Crippen molar-refractivity contribution in [1.29, 1.82) is 0 Å². The van der Waals surface area contributed by atoms with Gasteiger partial charge in [-0.1, -0.05) is 15.9 Å². The number of halogens is 2. The van der Waals surface area contributed by atoms with Gasteiger partial charge in [-0.05, 0) is 39.0 Å². The number of hydrogen-bond acceptors (Lipinski definition) is 2. The minimum absolute atomic E-state index is 0.0427. The van der Waals surface area contributed by atoms with Crippen LogP contribution in [0.25, 0.3) is 0 Å². The highest BCUT2D eigenvalue weighted by atomic mass is 79.9. The topological polar surface area (TPSA) is 49.4 Å². The van der Waals surface area contributed by atoms with Crippen molar-refractivity contribution in [3.05, 3.63) is 28.5 Å². The van der Waals surface area contributed by atoms with Gasteiger partial charge in [-0.3, -0.25) is 9.59 Å². The normalized spacial score (nSPS) is 19.0. The number of anilines is 1. The van der Waals surface area contributed by atoms with E-state index >= 15 is 0 Å². The highest BCUT2D eigenvalue weighted by Gasteiger charge is 2.39. The summed E-state index contributed by atoms with van der Waals surface area (Å²) in [5.74, 6) is -1.32. The molecule has 2 amide bonds. The molecule has 6 heteroatoms. The lowest BCUT2D eigenvalue weighted by molar-refractivity contribution is -0.131. The molecule has 1 aliphatic heterocycles. The number of nitrogens with zero attached hydrogens (tertiary/aromatic N) is 1. The molecule has 1 aromatic rings. The zero-order chi connectivity index (χ0) is 15.8. The molecule has 0 aromatic heterocycles. The summed E-state index contributed by atoms with van der Waals surface area (Å²) in [6, 6.07) is 4.44. The van der Waals surface area contributed by atoms with Crippen molar-refractivity contribution in [2.75, 3.05) is 11.9 Å². The molecule has 0 saturated carbocycles. The molecule has 1 atom stereocenters. The van der Waals surface area contributed by atoms with Gasteiger partial charge in [0.2, 0.25) is 11.8 Å². The van der Waals surface area contributed by atoms with Crippen molar-refractivity contribution in [2.45, 2.75) is 32.7 Å². The minimum atomic E-state index is -0.505. The summed E-state index contributed by atoms with van der Waals surface area (Å²) in [7, 11) is 0. The Morgan fingerprint density at radius 3 is 2.62 bits per heavy atom. The molecular weight excluding hydrogens is 339 g/mol. The zero-order valence-corrected chi connectivity index (χ0v) is 13.8. The summed E-state index contributed by atoms with van der Waals surface area (Å²) in [5, 5.41) is 2.56. The largest absolute Gasteiger partial charge is 0.337 e. The molecular formula is C15H18BrFN2O2. The number of carbonyl (C=O) groups is 2. The molecule has 2 rings (SSSR count). The summed E-state index contributed by atoms with van der Waals surface area (Å²) in [6.07, 6.45) is 0.168. The van der Waals surface area contributed by atoms with Crippen LogP contribution >= 0.6 is 15.9 Å². The van der Waals surface area contributed by atoms with E-state index in [9.17, 15) is 14.0 Å². The molecule has 0 bridgehead atoms. The van der Waals surface area contributed by atoms with E-state index in [2.05, 4.69) is 21.2 Å². The Morgan fingerprint density at radius 2 is 2.10 bits per heavy atom. The molecule has 0 radical (unpaired) electrons. The van der Waals surface area contributed by atoms with Crippen LogP contribution in [0.2, 0.25) is 0 Å². The highest BCUT2D eigenvalue weighted by molar-refractivity contribution is 9.10. The molecule has 114 valence electrons. The molecule has 21 heavy (non-hydrogen) atoms. The fourth-order valence-corrected chi connectivity index (χ4v) is 2.69. The summed E-state index contributed by atoms with van der Waals surface area (Å²) < 4.78 is 14.3. The molecule has 1 unspecified atom stereocenters. The Morgan fingerprint density at radius 1 is 1.43 bits per heavy atom. The van der Waals surface area contributed by atoms with E-state index in [1.807, 2.05) is 20.8 Å². The van der Waals surface area contributed by atoms with Gasteiger partial charge in [0, 0.05) is 23.0 Å². The van der Waals surface area contributed by atoms with Gasteiger partial charge in [-0.25, -0.2) is 4.39 Å². The predicted octanol–water partition coefficient (Wildman–Crippen LogP) is 3.17. The summed E-state index contributed by atoms with van der Waals surface area (Å²) in [6.45, 7) is 6.16. The Balaban J connectivity index is 2.07. The van der Waals surface area contributed by atoms with Gasteiger partial charge < -0.3 is 10.2 Å². The Bertz CT molecular complexity index is 584. The lowest BCUT2D eigenvalue weighted by Gasteiger charge is -2.31. The van der Waals surface area contributed by atoms with Crippen molar-refractivity contribution in [1.82, 2.24) is 4.90 Å². The van der Waals surface area contributed by atoms with E-state index in [1.165, 1.54) is 12.1 Å². The number of benzene rings is 1. The maximum absolute atomic E-state index is 13.7. The monoisotopic (exact) mass is 356 g/mol. The van der Waals surface area contributed by atoms with Crippen LogP contribution in [0.5, 0.6) is 0 Å². The number of carbonyl (C=O) groups excluding carboxylic acids is 2. The average Bonchev–Trinajstić information content (AvgIpc) is 2.75. The molecule has 1 N–H and O–H groups in total. The Labute approximate surface area is 131 Å². The number of likely N-dealkylation sites (tertiary alicyclic amines) is 1. The second-order valence-electron chi connectivity index (χ2n) is 6.19. The third-order valence-electron chi connectivity index (χ3n) is 3.49. The fraction of sp³-hybridized carbons (Fsp3) is 0.467. The van der Waals surface area contributed by atoms with Crippen molar-refractivity contribution >= 4 is 33.4 Å². The van der Waals surface area contributed by atoms with Crippen LogP contribution in [-0.4, -0.2) is 28.8 Å². The second kappa shape index (κ2) is 5.75. The molecule has 4 nitrogen and oxygen atoms in total. The SMILES string of the molecule is CC(C)(C)N1CC(C(=O)Nc2ccc(Br)cc2F)CC1=O. The maximum Gasteiger partial charge on any atom is 0.229 e. The Kier molecular flexibility index (Phi) is 4.37. The van der Waals surface area contributed by atoms with Crippen LogP contribution < -0.4 is 5.32 Å². The first-order valence-electron chi connectivity index (χ1n) is 6.75. The van der Waals surface area contributed by atoms with Gasteiger partial charge in [-0.2, -0.15) is 0 Å². The Hall–Kier alpha value is -1.43. The third kappa shape index (κ3) is 3.61. The van der Waals surface area contributed by atoms with Crippen LogP contribution in [0.15, 0.2) is 22.7 Å². The average molecular weight is 357 g/mol. The first kappa shape index (κ1) is 15.9. The van der Waals surface area contributed by atoms with Crippen LogP contribution in [0.1, 0.15) is 27.2 Å². The summed E-state index contributed by atoms with van der Waals surface area (Å²) in [5.41, 5.74) is -0.181. The smallest absolute Gasteiger partial charge is 0.229 e. The van der Waals surface area contributed by atoms with Crippen molar-refractivity contribution in [3.63, 3.8) is 0 Å². The van der Waals surface area contributed by atoms with E-state index < -0.39 is 11.7 Å². The van der Waals surface area contributed by atoms with Gasteiger partial charge >= 0.3 is 0 Å². The van der Waals surface area contributed by atoms with E-state index in [0.717, 1.165) is 0 Å². The number of amides is 2. The number of nitrogens with one attached hydrogen (secondary N) is 1. The van der Waals surface area contributed by atoms with Gasteiger partial charge in [-0.15, -0.1) is 0 Å². The quantitative estimate of drug-likeness (QED) is 0.884. The molecule has 0 spiro atoms.